The van der Waals surface area contributed by atoms with Crippen molar-refractivity contribution in [3.63, 3.8) is 0 Å². The summed E-state index contributed by atoms with van der Waals surface area (Å²) < 4.78 is 40.3. The summed E-state index contributed by atoms with van der Waals surface area (Å²) in [5.74, 6) is 0.479. The van der Waals surface area contributed by atoms with E-state index in [1.54, 1.807) is 23.2 Å². The van der Waals surface area contributed by atoms with E-state index in [0.717, 1.165) is 24.6 Å². The van der Waals surface area contributed by atoms with Crippen molar-refractivity contribution in [1.82, 2.24) is 9.97 Å². The van der Waals surface area contributed by atoms with Gasteiger partial charge in [0.25, 0.3) is 0 Å². The van der Waals surface area contributed by atoms with Gasteiger partial charge in [0.1, 0.15) is 0 Å². The number of rotatable bonds is 3. The number of nitriles is 1. The van der Waals surface area contributed by atoms with Crippen LogP contribution in [0.5, 0.6) is 0 Å². The Morgan fingerprint density at radius 2 is 2.12 bits per heavy atom. The maximum atomic E-state index is 13.4. The normalized spacial score (nSPS) is 17.7. The first-order valence-corrected chi connectivity index (χ1v) is 8.29. The number of alkyl halides is 3. The lowest BCUT2D eigenvalue weighted by atomic mass is 10.0. The van der Waals surface area contributed by atoms with Gasteiger partial charge in [0.15, 0.2) is 0 Å². The molecule has 1 atom stereocenters. The number of nitrogens with one attached hydrogen (secondary N) is 1. The van der Waals surface area contributed by atoms with E-state index in [-0.39, 0.29) is 17.3 Å². The lowest BCUT2D eigenvalue weighted by molar-refractivity contribution is -0.137. The minimum absolute atomic E-state index is 0.000852. The molecule has 2 aromatic rings. The summed E-state index contributed by atoms with van der Waals surface area (Å²) in [5, 5.41) is 12.1. The molecule has 0 saturated carbocycles. The molecule has 3 rings (SSSR count). The van der Waals surface area contributed by atoms with Gasteiger partial charge in [0.05, 0.1) is 17.2 Å². The van der Waals surface area contributed by atoms with Gasteiger partial charge in [0.2, 0.25) is 5.95 Å². The molecule has 136 valence electrons. The van der Waals surface area contributed by atoms with Crippen LogP contribution in [0.1, 0.15) is 29.7 Å². The maximum absolute atomic E-state index is 13.4. The fourth-order valence-corrected chi connectivity index (χ4v) is 3.12. The van der Waals surface area contributed by atoms with Crippen LogP contribution in [0, 0.1) is 18.3 Å². The number of aromatic nitrogens is 2. The molecular weight excluding hydrogens is 343 g/mol. The van der Waals surface area contributed by atoms with Crippen LogP contribution in [0.4, 0.5) is 24.8 Å². The highest BCUT2D eigenvalue weighted by Crippen LogP contribution is 2.38. The molecule has 2 heterocycles. The van der Waals surface area contributed by atoms with Crippen LogP contribution >= 0.6 is 0 Å². The summed E-state index contributed by atoms with van der Waals surface area (Å²) in [6.07, 6.45) is -1.29. The predicted octanol–water partition coefficient (Wildman–Crippen LogP) is 3.76. The van der Waals surface area contributed by atoms with Crippen LogP contribution in [-0.2, 0) is 6.18 Å². The molecule has 26 heavy (non-hydrogen) atoms. The van der Waals surface area contributed by atoms with Crippen LogP contribution in [0.3, 0.4) is 0 Å². The van der Waals surface area contributed by atoms with E-state index in [0.29, 0.717) is 19.0 Å². The second-order valence-electron chi connectivity index (χ2n) is 6.29. The molecule has 0 aliphatic carbocycles. The first-order valence-electron chi connectivity index (χ1n) is 8.29. The van der Waals surface area contributed by atoms with Crippen LogP contribution in [-0.4, -0.2) is 29.1 Å². The Balaban J connectivity index is 1.82. The Morgan fingerprint density at radius 1 is 1.31 bits per heavy atom. The number of halogens is 3. The molecule has 1 aliphatic heterocycles. The number of piperidine rings is 1. The van der Waals surface area contributed by atoms with Crippen molar-refractivity contribution in [3.8, 4) is 6.07 Å². The molecule has 0 amide bonds. The van der Waals surface area contributed by atoms with Gasteiger partial charge in [-0.25, -0.2) is 9.97 Å². The van der Waals surface area contributed by atoms with Crippen LogP contribution in [0.25, 0.3) is 0 Å². The summed E-state index contributed by atoms with van der Waals surface area (Å²) in [6, 6.07) is 7.21. The smallest absolute Gasteiger partial charge is 0.369 e. The van der Waals surface area contributed by atoms with Crippen molar-refractivity contribution >= 4 is 11.6 Å². The largest absolute Gasteiger partial charge is 0.418 e. The molecule has 1 N–H and O–H groups in total. The molecule has 1 aromatic carbocycles. The second kappa shape index (κ2) is 7.20. The number of aryl methyl sites for hydroxylation is 1. The van der Waals surface area contributed by atoms with E-state index >= 15 is 0 Å². The fourth-order valence-electron chi connectivity index (χ4n) is 3.12. The maximum Gasteiger partial charge on any atom is 0.418 e. The Kier molecular flexibility index (Phi) is 4.98. The third-order valence-corrected chi connectivity index (χ3v) is 4.32. The first-order chi connectivity index (χ1) is 12.4. The lowest BCUT2D eigenvalue weighted by Crippen LogP contribution is -2.43. The molecule has 1 saturated heterocycles. The van der Waals surface area contributed by atoms with E-state index in [2.05, 4.69) is 15.3 Å². The van der Waals surface area contributed by atoms with Gasteiger partial charge >= 0.3 is 6.18 Å². The highest BCUT2D eigenvalue weighted by molar-refractivity contribution is 5.58. The molecule has 1 fully saturated rings. The fraction of sp³-hybridized carbons (Fsp3) is 0.389. The Morgan fingerprint density at radius 3 is 2.81 bits per heavy atom. The molecule has 0 radical (unpaired) electrons. The summed E-state index contributed by atoms with van der Waals surface area (Å²) >= 11 is 0. The second-order valence-corrected chi connectivity index (χ2v) is 6.29. The van der Waals surface area contributed by atoms with Gasteiger partial charge in [-0.3, -0.25) is 0 Å². The van der Waals surface area contributed by atoms with Gasteiger partial charge < -0.3 is 10.2 Å². The van der Waals surface area contributed by atoms with Crippen LogP contribution < -0.4 is 10.2 Å². The molecule has 0 bridgehead atoms. The SMILES string of the molecule is Cc1ccnc(NC2CCCN(c3ccc(C#N)cc3C(F)(F)F)C2)n1. The molecule has 1 unspecified atom stereocenters. The standard InChI is InChI=1S/C18H18F3N5/c1-12-6-7-23-17(24-12)25-14-3-2-8-26(11-14)16-5-4-13(10-22)9-15(16)18(19,20)21/h4-7,9,14H,2-3,8,11H2,1H3,(H,23,24,25). The zero-order valence-electron chi connectivity index (χ0n) is 14.2. The van der Waals surface area contributed by atoms with Crippen molar-refractivity contribution in [3.05, 3.63) is 47.3 Å². The number of hydrogen-bond acceptors (Lipinski definition) is 5. The van der Waals surface area contributed by atoms with E-state index in [4.69, 9.17) is 5.26 Å². The number of nitrogens with zero attached hydrogens (tertiary/aromatic N) is 4. The van der Waals surface area contributed by atoms with E-state index in [1.165, 1.54) is 12.1 Å². The molecule has 1 aliphatic rings. The van der Waals surface area contributed by atoms with Gasteiger partial charge in [0, 0.05) is 36.7 Å². The van der Waals surface area contributed by atoms with Gasteiger partial charge in [-0.15, -0.1) is 0 Å². The zero-order valence-corrected chi connectivity index (χ0v) is 14.2. The molecule has 1 aromatic heterocycles. The summed E-state index contributed by atoms with van der Waals surface area (Å²) in [5.41, 5.74) is 0.153. The van der Waals surface area contributed by atoms with E-state index in [9.17, 15) is 13.2 Å². The average Bonchev–Trinajstić information content (AvgIpc) is 2.61. The van der Waals surface area contributed by atoms with Crippen molar-refractivity contribution in [2.45, 2.75) is 32.0 Å². The Bertz CT molecular complexity index is 828. The predicted molar refractivity (Wildman–Crippen MR) is 91.8 cm³/mol. The minimum atomic E-state index is -4.51. The van der Waals surface area contributed by atoms with E-state index in [1.807, 2.05) is 6.92 Å². The highest BCUT2D eigenvalue weighted by Gasteiger charge is 2.36. The van der Waals surface area contributed by atoms with Crippen LogP contribution in [0.15, 0.2) is 30.5 Å². The van der Waals surface area contributed by atoms with Gasteiger partial charge in [-0.1, -0.05) is 0 Å². The van der Waals surface area contributed by atoms with Crippen molar-refractivity contribution in [1.29, 1.82) is 5.26 Å². The number of hydrogen-bond donors (Lipinski definition) is 1. The number of anilines is 2. The highest BCUT2D eigenvalue weighted by atomic mass is 19.4. The monoisotopic (exact) mass is 361 g/mol. The molecular formula is C18H18F3N5. The quantitative estimate of drug-likeness (QED) is 0.902. The molecule has 0 spiro atoms. The molecule has 5 nitrogen and oxygen atoms in total. The first kappa shape index (κ1) is 18.0. The van der Waals surface area contributed by atoms with Gasteiger partial charge in [-0.2, -0.15) is 18.4 Å². The summed E-state index contributed by atoms with van der Waals surface area (Å²) in [6.45, 7) is 2.79. The third-order valence-electron chi connectivity index (χ3n) is 4.32. The lowest BCUT2D eigenvalue weighted by Gasteiger charge is -2.36. The zero-order chi connectivity index (χ0) is 18.7. The summed E-state index contributed by atoms with van der Waals surface area (Å²) in [7, 11) is 0. The topological polar surface area (TPSA) is 64.8 Å². The van der Waals surface area contributed by atoms with Crippen molar-refractivity contribution in [2.24, 2.45) is 0 Å². The van der Waals surface area contributed by atoms with Crippen molar-refractivity contribution in [2.75, 3.05) is 23.3 Å². The van der Waals surface area contributed by atoms with E-state index < -0.39 is 11.7 Å². The Hall–Kier alpha value is -2.82. The molecule has 8 heteroatoms. The minimum Gasteiger partial charge on any atom is -0.369 e. The number of benzene rings is 1. The average molecular weight is 361 g/mol. The Labute approximate surface area is 149 Å². The van der Waals surface area contributed by atoms with Crippen molar-refractivity contribution < 1.29 is 13.2 Å². The van der Waals surface area contributed by atoms with Gasteiger partial charge in [-0.05, 0) is 44.0 Å². The summed E-state index contributed by atoms with van der Waals surface area (Å²) in [4.78, 5) is 10.2. The third kappa shape index (κ3) is 4.04. The van der Waals surface area contributed by atoms with Crippen LogP contribution in [0.2, 0.25) is 0 Å².